The van der Waals surface area contributed by atoms with Crippen LogP contribution in [0, 0.1) is 5.92 Å². The van der Waals surface area contributed by atoms with Crippen LogP contribution < -0.4 is 10.2 Å². The Balaban J connectivity index is 1.53. The molecule has 7 nitrogen and oxygen atoms in total. The molecular formula is C23H32BrN3O4S. The van der Waals surface area contributed by atoms with Gasteiger partial charge in [-0.15, -0.1) is 0 Å². The lowest BCUT2D eigenvalue weighted by Crippen LogP contribution is -2.47. The first-order chi connectivity index (χ1) is 15.3. The molecule has 4 rings (SSSR count). The summed E-state index contributed by atoms with van der Waals surface area (Å²) in [4.78, 5) is 27.0. The van der Waals surface area contributed by atoms with E-state index in [0.717, 1.165) is 31.2 Å². The lowest BCUT2D eigenvalue weighted by molar-refractivity contribution is -0.127. The highest BCUT2D eigenvalue weighted by molar-refractivity contribution is 9.10. The van der Waals surface area contributed by atoms with Crippen LogP contribution >= 0.6 is 15.9 Å². The third-order valence-corrected chi connectivity index (χ3v) is 9.78. The van der Waals surface area contributed by atoms with E-state index in [2.05, 4.69) is 21.2 Å². The molecule has 176 valence electrons. The molecule has 3 aliphatic rings. The van der Waals surface area contributed by atoms with E-state index in [1.54, 1.807) is 11.0 Å². The van der Waals surface area contributed by atoms with Crippen LogP contribution in [0.1, 0.15) is 63.9 Å². The van der Waals surface area contributed by atoms with Gasteiger partial charge < -0.3 is 10.2 Å². The van der Waals surface area contributed by atoms with Crippen molar-refractivity contribution in [1.29, 1.82) is 0 Å². The first-order valence-corrected chi connectivity index (χ1v) is 14.0. The summed E-state index contributed by atoms with van der Waals surface area (Å²) in [6, 6.07) is 3.67. The molecule has 2 amide bonds. The van der Waals surface area contributed by atoms with Crippen molar-refractivity contribution >= 4 is 43.5 Å². The number of benzene rings is 1. The Morgan fingerprint density at radius 3 is 2.56 bits per heavy atom. The molecule has 0 aromatic heterocycles. The number of carbonyl (C=O) groups is 2. The maximum absolute atomic E-state index is 13.6. The number of piperidine rings is 1. The van der Waals surface area contributed by atoms with Crippen LogP contribution in [0.25, 0.3) is 0 Å². The van der Waals surface area contributed by atoms with E-state index in [9.17, 15) is 18.0 Å². The van der Waals surface area contributed by atoms with Gasteiger partial charge in [0.25, 0.3) is 0 Å². The van der Waals surface area contributed by atoms with Gasteiger partial charge in [0.2, 0.25) is 21.8 Å². The molecule has 1 saturated heterocycles. The first kappa shape index (κ1) is 23.7. The smallest absolute Gasteiger partial charge is 0.244 e. The van der Waals surface area contributed by atoms with E-state index in [1.807, 2.05) is 13.0 Å². The van der Waals surface area contributed by atoms with Gasteiger partial charge in [-0.05, 0) is 65.7 Å². The molecule has 0 bridgehead atoms. The Kier molecular flexibility index (Phi) is 7.27. The Bertz CT molecular complexity index is 991. The van der Waals surface area contributed by atoms with E-state index in [-0.39, 0.29) is 35.2 Å². The van der Waals surface area contributed by atoms with Crippen LogP contribution in [0.4, 0.5) is 5.69 Å². The number of hydrogen-bond donors (Lipinski definition) is 1. The standard InChI is InChI=1S/C23H32BrN3O4S/c1-2-22(28)27-12-10-16-13-19(24)21(14-20(16)27)32(30,31)26-11-6-7-17(15-26)23(29)25-18-8-4-3-5-9-18/h13-14,17-18H,2-12,15H2,1H3,(H,25,29)/t17-/m1/s1. The number of hydrogen-bond acceptors (Lipinski definition) is 4. The third-order valence-electron chi connectivity index (χ3n) is 6.96. The summed E-state index contributed by atoms with van der Waals surface area (Å²) >= 11 is 3.45. The summed E-state index contributed by atoms with van der Waals surface area (Å²) in [5.74, 6) is -0.358. The van der Waals surface area contributed by atoms with Crippen molar-refractivity contribution in [3.8, 4) is 0 Å². The largest absolute Gasteiger partial charge is 0.353 e. The maximum Gasteiger partial charge on any atom is 0.244 e. The highest BCUT2D eigenvalue weighted by Gasteiger charge is 2.36. The molecule has 1 aromatic rings. The number of nitrogens with zero attached hydrogens (tertiary/aromatic N) is 2. The average Bonchev–Trinajstić information content (AvgIpc) is 3.21. The number of nitrogens with one attached hydrogen (secondary N) is 1. The first-order valence-electron chi connectivity index (χ1n) is 11.7. The fourth-order valence-electron chi connectivity index (χ4n) is 5.12. The second kappa shape index (κ2) is 9.81. The molecule has 2 fully saturated rings. The van der Waals surface area contributed by atoms with Crippen LogP contribution in [0.3, 0.4) is 0 Å². The summed E-state index contributed by atoms with van der Waals surface area (Å²) < 4.78 is 29.1. The topological polar surface area (TPSA) is 86.8 Å². The number of fused-ring (bicyclic) bond motifs is 1. The number of sulfonamides is 1. The molecule has 1 saturated carbocycles. The highest BCUT2D eigenvalue weighted by atomic mass is 79.9. The summed E-state index contributed by atoms with van der Waals surface area (Å²) in [7, 11) is -3.80. The van der Waals surface area contributed by atoms with E-state index >= 15 is 0 Å². The van der Waals surface area contributed by atoms with Crippen LogP contribution in [-0.2, 0) is 26.0 Å². The monoisotopic (exact) mass is 525 g/mol. The number of rotatable bonds is 5. The molecule has 32 heavy (non-hydrogen) atoms. The summed E-state index contributed by atoms with van der Waals surface area (Å²) in [6.07, 6.45) is 7.97. The molecule has 1 N–H and O–H groups in total. The third kappa shape index (κ3) is 4.75. The minimum atomic E-state index is -3.80. The summed E-state index contributed by atoms with van der Waals surface area (Å²) in [5, 5.41) is 3.16. The minimum absolute atomic E-state index is 0.00755. The quantitative estimate of drug-likeness (QED) is 0.636. The molecule has 1 aliphatic carbocycles. The fourth-order valence-corrected chi connectivity index (χ4v) is 7.71. The highest BCUT2D eigenvalue weighted by Crippen LogP contribution is 2.37. The Labute approximate surface area is 199 Å². The maximum atomic E-state index is 13.6. The van der Waals surface area contributed by atoms with Gasteiger partial charge in [0.05, 0.1) is 10.8 Å². The second-order valence-electron chi connectivity index (χ2n) is 9.11. The normalized spacial score (nSPS) is 22.6. The zero-order chi connectivity index (χ0) is 22.9. The van der Waals surface area contributed by atoms with Crippen LogP contribution in [0.5, 0.6) is 0 Å². The predicted octanol–water partition coefficient (Wildman–Crippen LogP) is 3.60. The van der Waals surface area contributed by atoms with Crippen molar-refractivity contribution in [2.75, 3.05) is 24.5 Å². The van der Waals surface area contributed by atoms with Crippen LogP contribution in [-0.4, -0.2) is 50.2 Å². The average molecular weight is 526 g/mol. The van der Waals surface area contributed by atoms with Gasteiger partial charge >= 0.3 is 0 Å². The summed E-state index contributed by atoms with van der Waals surface area (Å²) in [5.41, 5.74) is 1.66. The van der Waals surface area contributed by atoms with Crippen LogP contribution in [0.2, 0.25) is 0 Å². The minimum Gasteiger partial charge on any atom is -0.353 e. The molecule has 1 aromatic carbocycles. The SMILES string of the molecule is CCC(=O)N1CCc2cc(Br)c(S(=O)(=O)N3CCC[C@@H](C(=O)NC4CCCCC4)C3)cc21. The molecule has 0 unspecified atom stereocenters. The van der Waals surface area contributed by atoms with Crippen molar-refractivity contribution in [1.82, 2.24) is 9.62 Å². The Hall–Kier alpha value is -1.45. The van der Waals surface area contributed by atoms with Crippen molar-refractivity contribution in [2.24, 2.45) is 5.92 Å². The van der Waals surface area contributed by atoms with Gasteiger partial charge in [-0.1, -0.05) is 26.2 Å². The second-order valence-corrected chi connectivity index (χ2v) is 11.9. The van der Waals surface area contributed by atoms with E-state index in [0.29, 0.717) is 48.9 Å². The molecule has 9 heteroatoms. The van der Waals surface area contributed by atoms with Crippen molar-refractivity contribution in [3.05, 3.63) is 22.2 Å². The number of anilines is 1. The molecule has 2 aliphatic heterocycles. The molecule has 0 radical (unpaired) electrons. The van der Waals surface area contributed by atoms with E-state index < -0.39 is 10.0 Å². The Morgan fingerprint density at radius 2 is 1.84 bits per heavy atom. The lowest BCUT2D eigenvalue weighted by Gasteiger charge is -2.33. The lowest BCUT2D eigenvalue weighted by atomic mass is 9.93. The molecule has 2 heterocycles. The fraction of sp³-hybridized carbons (Fsp3) is 0.652. The van der Waals surface area contributed by atoms with Gasteiger partial charge in [-0.25, -0.2) is 8.42 Å². The van der Waals surface area contributed by atoms with Crippen molar-refractivity contribution in [2.45, 2.75) is 75.6 Å². The number of halogens is 1. The molecule has 0 spiro atoms. The van der Waals surface area contributed by atoms with E-state index in [1.165, 1.54) is 10.7 Å². The van der Waals surface area contributed by atoms with Gasteiger partial charge in [0.1, 0.15) is 0 Å². The van der Waals surface area contributed by atoms with Gasteiger partial charge in [0.15, 0.2) is 0 Å². The van der Waals surface area contributed by atoms with Gasteiger partial charge in [-0.3, -0.25) is 9.59 Å². The van der Waals surface area contributed by atoms with Crippen molar-refractivity contribution in [3.63, 3.8) is 0 Å². The van der Waals surface area contributed by atoms with Gasteiger partial charge in [0, 0.05) is 42.3 Å². The zero-order valence-electron chi connectivity index (χ0n) is 18.6. The van der Waals surface area contributed by atoms with Crippen molar-refractivity contribution < 1.29 is 18.0 Å². The summed E-state index contributed by atoms with van der Waals surface area (Å²) in [6.45, 7) is 2.98. The molecular weight excluding hydrogens is 494 g/mol. The van der Waals surface area contributed by atoms with Crippen LogP contribution in [0.15, 0.2) is 21.5 Å². The number of amides is 2. The van der Waals surface area contributed by atoms with E-state index in [4.69, 9.17) is 0 Å². The molecule has 1 atom stereocenters. The zero-order valence-corrected chi connectivity index (χ0v) is 21.0. The Morgan fingerprint density at radius 1 is 1.09 bits per heavy atom. The predicted molar refractivity (Wildman–Crippen MR) is 127 cm³/mol. The number of carbonyl (C=O) groups excluding carboxylic acids is 2. The van der Waals surface area contributed by atoms with Gasteiger partial charge in [-0.2, -0.15) is 4.31 Å².